The molecule has 0 saturated heterocycles. The highest BCUT2D eigenvalue weighted by Crippen LogP contribution is 2.51. The van der Waals surface area contributed by atoms with E-state index in [9.17, 15) is 72.5 Å². The fraction of sp³-hybridized carbons (Fsp3) is 0.923. The molecule has 1 atom stereocenters. The zero-order valence-corrected chi connectivity index (χ0v) is 25.8. The second-order valence-electron chi connectivity index (χ2n) is 12.4. The number of carbonyl (C=O) groups excluding carboxylic acids is 2. The van der Waals surface area contributed by atoms with Crippen molar-refractivity contribution in [3.05, 3.63) is 0 Å². The van der Waals surface area contributed by atoms with E-state index >= 15 is 0 Å². The first-order chi connectivity index (χ1) is 18.9. The summed E-state index contributed by atoms with van der Waals surface area (Å²) in [7, 11) is 0. The van der Waals surface area contributed by atoms with Gasteiger partial charge >= 0.3 is 36.6 Å². The molecule has 264 valence electrons. The largest absolute Gasteiger partial charge is 0.458 e. The fourth-order valence-corrected chi connectivity index (χ4v) is 3.12. The molecule has 2 N–H and O–H groups in total. The van der Waals surface area contributed by atoms with E-state index in [2.05, 4.69) is 9.47 Å². The van der Waals surface area contributed by atoms with Gasteiger partial charge < -0.3 is 19.7 Å². The molecule has 18 heteroatoms. The topological polar surface area (TPSA) is 93.1 Å². The summed E-state index contributed by atoms with van der Waals surface area (Å²) in [6.45, 7) is 11.8. The molecule has 0 aromatic heterocycles. The number of carbonyl (C=O) groups is 2. The first-order valence-corrected chi connectivity index (χ1v) is 13.1. The van der Waals surface area contributed by atoms with E-state index in [0.717, 1.165) is 0 Å². The molecule has 0 rings (SSSR count). The van der Waals surface area contributed by atoms with Gasteiger partial charge in [0.1, 0.15) is 6.10 Å². The molecule has 0 aromatic carbocycles. The van der Waals surface area contributed by atoms with Crippen molar-refractivity contribution in [3.8, 4) is 0 Å². The maximum Gasteiger partial charge on any atom is 0.430 e. The fourth-order valence-electron chi connectivity index (χ4n) is 3.12. The Kier molecular flexibility index (Phi) is 13.8. The van der Waals surface area contributed by atoms with Crippen LogP contribution in [0.25, 0.3) is 0 Å². The number of hydrogen-bond acceptors (Lipinski definition) is 6. The van der Waals surface area contributed by atoms with Crippen molar-refractivity contribution in [3.63, 3.8) is 0 Å². The van der Waals surface area contributed by atoms with Crippen molar-refractivity contribution < 1.29 is 82.0 Å². The summed E-state index contributed by atoms with van der Waals surface area (Å²) in [5, 5.41) is 18.7. The van der Waals surface area contributed by atoms with Crippen LogP contribution in [0.4, 0.5) is 52.7 Å². The van der Waals surface area contributed by atoms with Crippen molar-refractivity contribution in [2.45, 2.75) is 136 Å². The van der Waals surface area contributed by atoms with Crippen LogP contribution in [0.3, 0.4) is 0 Å². The quantitative estimate of drug-likeness (QED) is 0.181. The smallest absolute Gasteiger partial charge is 0.430 e. The second kappa shape index (κ2) is 13.8. The molecule has 0 radical (unpaired) electrons. The Morgan fingerprint density at radius 1 is 0.614 bits per heavy atom. The molecule has 0 bridgehead atoms. The Labute approximate surface area is 247 Å². The van der Waals surface area contributed by atoms with Crippen LogP contribution in [0.5, 0.6) is 0 Å². The highest BCUT2D eigenvalue weighted by atomic mass is 19.4. The summed E-state index contributed by atoms with van der Waals surface area (Å²) in [5.74, 6) is -3.16. The number of halogens is 12. The molecule has 0 fully saturated rings. The van der Waals surface area contributed by atoms with Gasteiger partial charge in [-0.3, -0.25) is 9.59 Å². The van der Waals surface area contributed by atoms with Crippen LogP contribution in [0.2, 0.25) is 0 Å². The summed E-state index contributed by atoms with van der Waals surface area (Å²) in [5.41, 5.74) is -16.1. The van der Waals surface area contributed by atoms with Gasteiger partial charge in [-0.2, -0.15) is 52.7 Å². The van der Waals surface area contributed by atoms with Gasteiger partial charge in [-0.05, 0) is 66.7 Å². The van der Waals surface area contributed by atoms with Crippen molar-refractivity contribution in [2.24, 2.45) is 16.7 Å². The molecule has 0 aromatic rings. The Morgan fingerprint density at radius 3 is 1.18 bits per heavy atom. The first-order valence-electron chi connectivity index (χ1n) is 13.1. The lowest BCUT2D eigenvalue weighted by atomic mass is 9.83. The van der Waals surface area contributed by atoms with E-state index in [0.29, 0.717) is 13.8 Å². The van der Waals surface area contributed by atoms with Gasteiger partial charge in [0, 0.05) is 0 Å². The third kappa shape index (κ3) is 9.52. The van der Waals surface area contributed by atoms with Gasteiger partial charge in [-0.15, -0.1) is 0 Å². The maximum absolute atomic E-state index is 13.0. The SMILES string of the molecule is CCC(C)(C)C(=O)OC(C)(C)C(O)(C(F)(F)F)C(F)(F)F.CCC(C)(C)C(=O)OC(CC(C)C)C(O)(C(F)(F)F)C(F)(F)F. The van der Waals surface area contributed by atoms with Crippen LogP contribution in [-0.4, -0.2) is 69.8 Å². The predicted octanol–water partition coefficient (Wildman–Crippen LogP) is 7.84. The molecular weight excluding hydrogens is 636 g/mol. The normalized spacial score (nSPS) is 15.4. The average molecular weight is 677 g/mol. The Hall–Kier alpha value is -1.98. The lowest BCUT2D eigenvalue weighted by molar-refractivity contribution is -0.408. The minimum absolute atomic E-state index is 0.137. The van der Waals surface area contributed by atoms with Crippen molar-refractivity contribution in [2.75, 3.05) is 0 Å². The molecule has 0 heterocycles. The number of alkyl halides is 12. The third-order valence-corrected chi connectivity index (χ3v) is 7.18. The van der Waals surface area contributed by atoms with E-state index < -0.39 is 82.7 Å². The molecule has 0 aliphatic rings. The Bertz CT molecular complexity index is 933. The van der Waals surface area contributed by atoms with E-state index in [1.54, 1.807) is 6.92 Å². The maximum atomic E-state index is 13.0. The van der Waals surface area contributed by atoms with Crippen LogP contribution in [0.1, 0.15) is 88.5 Å². The molecule has 44 heavy (non-hydrogen) atoms. The lowest BCUT2D eigenvalue weighted by Gasteiger charge is -2.44. The second-order valence-corrected chi connectivity index (χ2v) is 12.4. The third-order valence-electron chi connectivity index (χ3n) is 7.18. The van der Waals surface area contributed by atoms with E-state index in [1.807, 2.05) is 0 Å². The van der Waals surface area contributed by atoms with E-state index in [1.165, 1.54) is 48.5 Å². The molecule has 1 unspecified atom stereocenters. The van der Waals surface area contributed by atoms with Crippen LogP contribution in [-0.2, 0) is 19.1 Å². The lowest BCUT2D eigenvalue weighted by Crippen LogP contribution is -2.70. The molecule has 0 spiro atoms. The summed E-state index contributed by atoms with van der Waals surface area (Å²) < 4.78 is 163. The Balaban J connectivity index is 0. The van der Waals surface area contributed by atoms with Crippen molar-refractivity contribution in [1.29, 1.82) is 0 Å². The Morgan fingerprint density at radius 2 is 0.932 bits per heavy atom. The van der Waals surface area contributed by atoms with Gasteiger partial charge in [0.05, 0.1) is 10.8 Å². The predicted molar refractivity (Wildman–Crippen MR) is 132 cm³/mol. The number of hydrogen-bond donors (Lipinski definition) is 2. The average Bonchev–Trinajstić information content (AvgIpc) is 2.79. The van der Waals surface area contributed by atoms with Gasteiger partial charge in [0.2, 0.25) is 0 Å². The summed E-state index contributed by atoms with van der Waals surface area (Å²) in [6.07, 6.45) is -27.5. The minimum Gasteiger partial charge on any atom is -0.458 e. The highest BCUT2D eigenvalue weighted by molar-refractivity contribution is 5.76. The van der Waals surface area contributed by atoms with Gasteiger partial charge in [0.25, 0.3) is 11.2 Å². The van der Waals surface area contributed by atoms with Gasteiger partial charge in [-0.1, -0.05) is 27.7 Å². The highest BCUT2D eigenvalue weighted by Gasteiger charge is 2.79. The number of rotatable bonds is 10. The van der Waals surface area contributed by atoms with Crippen LogP contribution in [0, 0.1) is 16.7 Å². The van der Waals surface area contributed by atoms with Crippen molar-refractivity contribution in [1.82, 2.24) is 0 Å². The number of esters is 2. The monoisotopic (exact) mass is 676 g/mol. The summed E-state index contributed by atoms with van der Waals surface area (Å²) in [6, 6.07) is 0. The summed E-state index contributed by atoms with van der Waals surface area (Å²) >= 11 is 0. The van der Waals surface area contributed by atoms with Crippen LogP contribution in [0.15, 0.2) is 0 Å². The van der Waals surface area contributed by atoms with Crippen molar-refractivity contribution >= 4 is 11.9 Å². The zero-order valence-electron chi connectivity index (χ0n) is 25.8. The van der Waals surface area contributed by atoms with E-state index in [4.69, 9.17) is 0 Å². The minimum atomic E-state index is -6.06. The molecular formula is C26H40F12O6. The number of ether oxygens (including phenoxy) is 2. The molecule has 0 saturated carbocycles. The van der Waals surface area contributed by atoms with Crippen LogP contribution >= 0.6 is 0 Å². The molecule has 6 nitrogen and oxygen atoms in total. The molecule has 0 aliphatic heterocycles. The number of aliphatic hydroxyl groups is 2. The van der Waals surface area contributed by atoms with E-state index in [-0.39, 0.29) is 12.8 Å². The van der Waals surface area contributed by atoms with Gasteiger partial charge in [0.15, 0.2) is 5.60 Å². The standard InChI is InChI=1S/C14H22F6O3.C12H18F6O3/c1-6-11(4,5)10(21)23-9(7-8(2)3)12(22,13(15,16)17)14(18,19)20;1-6-8(2,3)7(19)21-9(4,5)10(20,11(13,14)15)12(16,17)18/h8-9,22H,6-7H2,1-5H3;20H,6H2,1-5H3. The zero-order chi connectivity index (χ0) is 36.3. The molecule has 0 amide bonds. The van der Waals surface area contributed by atoms with Crippen LogP contribution < -0.4 is 0 Å². The molecule has 0 aliphatic carbocycles. The van der Waals surface area contributed by atoms with Gasteiger partial charge in [-0.25, -0.2) is 0 Å². The summed E-state index contributed by atoms with van der Waals surface area (Å²) in [4.78, 5) is 23.7. The first kappa shape index (κ1) is 44.1.